The number of hydrogen-bond donors (Lipinski definition) is 0. The number of hydrogen-bond acceptors (Lipinski definition) is 3. The maximum absolute atomic E-state index is 2.88. The van der Waals surface area contributed by atoms with E-state index in [0.717, 1.165) is 30.0 Å². The monoisotopic (exact) mass is 305 g/mol. The topological polar surface area (TPSA) is 9.72 Å². The molecule has 2 atom stereocenters. The summed E-state index contributed by atoms with van der Waals surface area (Å²) in [6, 6.07) is 2.40. The summed E-state index contributed by atoms with van der Waals surface area (Å²) >= 11 is 0. The van der Waals surface area contributed by atoms with Crippen LogP contribution >= 0.6 is 0 Å². The average Bonchev–Trinajstić information content (AvgIpc) is 3.07. The molecule has 0 aromatic carbocycles. The van der Waals surface area contributed by atoms with Gasteiger partial charge < -0.3 is 4.90 Å². The van der Waals surface area contributed by atoms with Gasteiger partial charge in [-0.05, 0) is 65.3 Å². The molecule has 0 aromatic rings. The minimum absolute atomic E-state index is 0.673. The molecule has 1 spiro atoms. The highest BCUT2D eigenvalue weighted by Gasteiger charge is 2.51. The van der Waals surface area contributed by atoms with E-state index in [1.54, 1.807) is 0 Å². The highest BCUT2D eigenvalue weighted by molar-refractivity contribution is 5.05. The lowest BCUT2D eigenvalue weighted by atomic mass is 9.78. The lowest BCUT2D eigenvalue weighted by Crippen LogP contribution is -2.59. The second kappa shape index (κ2) is 5.46. The van der Waals surface area contributed by atoms with Crippen molar-refractivity contribution in [1.82, 2.24) is 14.7 Å². The predicted molar refractivity (Wildman–Crippen MR) is 92.0 cm³/mol. The lowest BCUT2D eigenvalue weighted by Gasteiger charge is -2.50. The number of likely N-dealkylation sites (tertiary alicyclic amines) is 3. The van der Waals surface area contributed by atoms with Crippen molar-refractivity contribution in [1.29, 1.82) is 0 Å². The van der Waals surface area contributed by atoms with Crippen molar-refractivity contribution in [2.24, 2.45) is 17.3 Å². The molecular formula is C19H35N3. The van der Waals surface area contributed by atoms with Crippen molar-refractivity contribution >= 4 is 0 Å². The van der Waals surface area contributed by atoms with E-state index in [2.05, 4.69) is 42.4 Å². The second-order valence-corrected chi connectivity index (χ2v) is 9.41. The van der Waals surface area contributed by atoms with Crippen molar-refractivity contribution in [2.45, 2.75) is 65.1 Å². The quantitative estimate of drug-likeness (QED) is 0.793. The average molecular weight is 306 g/mol. The van der Waals surface area contributed by atoms with Crippen LogP contribution in [0.4, 0.5) is 0 Å². The van der Waals surface area contributed by atoms with Crippen molar-refractivity contribution in [3.63, 3.8) is 0 Å². The van der Waals surface area contributed by atoms with Gasteiger partial charge in [-0.25, -0.2) is 0 Å². The first kappa shape index (κ1) is 15.4. The van der Waals surface area contributed by atoms with Crippen molar-refractivity contribution < 1.29 is 0 Å². The van der Waals surface area contributed by atoms with Gasteiger partial charge in [0.1, 0.15) is 0 Å². The predicted octanol–water partition coefficient (Wildman–Crippen LogP) is 2.52. The Labute approximate surface area is 137 Å². The van der Waals surface area contributed by atoms with Crippen LogP contribution in [0.3, 0.4) is 0 Å². The largest absolute Gasteiger partial charge is 0.300 e. The Hall–Kier alpha value is -0.120. The molecule has 1 aliphatic carbocycles. The zero-order valence-corrected chi connectivity index (χ0v) is 15.1. The second-order valence-electron chi connectivity index (χ2n) is 9.41. The van der Waals surface area contributed by atoms with E-state index >= 15 is 0 Å². The lowest BCUT2D eigenvalue weighted by molar-refractivity contribution is -0.0169. The van der Waals surface area contributed by atoms with Crippen LogP contribution in [0, 0.1) is 17.3 Å². The standard InChI is InChI=1S/C19H35N3/c1-14(2)21-9-16-7-18(8-17(16)10-21)20-6-5-19(11-20)12-22(13-19)15(3)4/h14-18H,5-13H2,1-4H3. The minimum Gasteiger partial charge on any atom is -0.300 e. The van der Waals surface area contributed by atoms with Crippen LogP contribution in [0.2, 0.25) is 0 Å². The van der Waals surface area contributed by atoms with Crippen LogP contribution in [0.15, 0.2) is 0 Å². The Morgan fingerprint density at radius 2 is 1.41 bits per heavy atom. The van der Waals surface area contributed by atoms with Gasteiger partial charge in [-0.2, -0.15) is 0 Å². The van der Waals surface area contributed by atoms with Gasteiger partial charge in [0.25, 0.3) is 0 Å². The molecule has 3 heterocycles. The van der Waals surface area contributed by atoms with Crippen LogP contribution in [-0.2, 0) is 0 Å². The third-order valence-corrected chi connectivity index (χ3v) is 7.28. The summed E-state index contributed by atoms with van der Waals surface area (Å²) in [6.07, 6.45) is 4.43. The van der Waals surface area contributed by atoms with Crippen LogP contribution in [0.25, 0.3) is 0 Å². The van der Waals surface area contributed by atoms with Crippen molar-refractivity contribution in [2.75, 3.05) is 39.3 Å². The van der Waals surface area contributed by atoms with E-state index < -0.39 is 0 Å². The summed E-state index contributed by atoms with van der Waals surface area (Å²) < 4.78 is 0. The molecule has 3 aliphatic heterocycles. The molecule has 0 aromatic heterocycles. The molecule has 0 bridgehead atoms. The van der Waals surface area contributed by atoms with Crippen molar-refractivity contribution in [3.05, 3.63) is 0 Å². The van der Waals surface area contributed by atoms with Crippen LogP contribution in [0.1, 0.15) is 47.0 Å². The molecule has 0 radical (unpaired) electrons. The van der Waals surface area contributed by atoms with Gasteiger partial charge >= 0.3 is 0 Å². The van der Waals surface area contributed by atoms with E-state index in [9.17, 15) is 0 Å². The molecule has 2 unspecified atom stereocenters. The zero-order chi connectivity index (χ0) is 15.5. The summed E-state index contributed by atoms with van der Waals surface area (Å²) in [6.45, 7) is 17.7. The molecule has 3 heteroatoms. The van der Waals surface area contributed by atoms with E-state index in [1.807, 2.05) is 0 Å². The van der Waals surface area contributed by atoms with Gasteiger partial charge in [0.2, 0.25) is 0 Å². The normalized spacial score (nSPS) is 39.3. The molecule has 126 valence electrons. The number of fused-ring (bicyclic) bond motifs is 1. The molecule has 3 nitrogen and oxygen atoms in total. The van der Waals surface area contributed by atoms with Crippen LogP contribution in [-0.4, -0.2) is 72.1 Å². The zero-order valence-electron chi connectivity index (χ0n) is 15.1. The molecule has 0 N–H and O–H groups in total. The van der Waals surface area contributed by atoms with Gasteiger partial charge in [-0.1, -0.05) is 0 Å². The summed E-state index contributed by atoms with van der Waals surface area (Å²) in [5.41, 5.74) is 0.673. The van der Waals surface area contributed by atoms with Gasteiger partial charge in [-0.3, -0.25) is 9.80 Å². The maximum Gasteiger partial charge on any atom is 0.0102 e. The molecule has 1 saturated carbocycles. The fourth-order valence-electron chi connectivity index (χ4n) is 5.74. The van der Waals surface area contributed by atoms with Gasteiger partial charge in [0.15, 0.2) is 0 Å². The first-order valence-electron chi connectivity index (χ1n) is 9.68. The highest BCUT2D eigenvalue weighted by Crippen LogP contribution is 2.46. The summed E-state index contributed by atoms with van der Waals surface area (Å²) in [5.74, 6) is 2.00. The van der Waals surface area contributed by atoms with Gasteiger partial charge in [-0.15, -0.1) is 0 Å². The Balaban J connectivity index is 1.30. The van der Waals surface area contributed by atoms with E-state index in [4.69, 9.17) is 0 Å². The Morgan fingerprint density at radius 3 is 1.95 bits per heavy atom. The Bertz CT molecular complexity index is 399. The smallest absolute Gasteiger partial charge is 0.0102 e. The number of nitrogens with zero attached hydrogens (tertiary/aromatic N) is 3. The first-order valence-corrected chi connectivity index (χ1v) is 9.68. The molecule has 3 saturated heterocycles. The molecular weight excluding hydrogens is 270 g/mol. The third-order valence-electron chi connectivity index (χ3n) is 7.28. The third kappa shape index (κ3) is 2.53. The summed E-state index contributed by atoms with van der Waals surface area (Å²) in [5, 5.41) is 0. The molecule has 4 aliphatic rings. The molecule has 4 rings (SSSR count). The fraction of sp³-hybridized carbons (Fsp3) is 1.00. The van der Waals surface area contributed by atoms with Crippen LogP contribution < -0.4 is 0 Å². The van der Waals surface area contributed by atoms with Gasteiger partial charge in [0.05, 0.1) is 0 Å². The van der Waals surface area contributed by atoms with E-state index in [-0.39, 0.29) is 0 Å². The minimum atomic E-state index is 0.673. The van der Waals surface area contributed by atoms with E-state index in [0.29, 0.717) is 5.41 Å². The van der Waals surface area contributed by atoms with E-state index in [1.165, 1.54) is 58.5 Å². The Morgan fingerprint density at radius 1 is 0.818 bits per heavy atom. The Kier molecular flexibility index (Phi) is 3.82. The molecule has 22 heavy (non-hydrogen) atoms. The van der Waals surface area contributed by atoms with Crippen molar-refractivity contribution in [3.8, 4) is 0 Å². The summed E-state index contributed by atoms with van der Waals surface area (Å²) in [7, 11) is 0. The number of rotatable bonds is 3. The SMILES string of the molecule is CC(C)N1CC2CC(N3CCC4(CN(C(C)C)C4)C3)CC2C1. The van der Waals surface area contributed by atoms with Crippen LogP contribution in [0.5, 0.6) is 0 Å². The van der Waals surface area contributed by atoms with Gasteiger partial charge in [0, 0.05) is 56.3 Å². The fourth-order valence-corrected chi connectivity index (χ4v) is 5.74. The highest BCUT2D eigenvalue weighted by atomic mass is 15.3. The first-order chi connectivity index (χ1) is 10.5. The molecule has 0 amide bonds. The maximum atomic E-state index is 2.88. The molecule has 4 fully saturated rings. The summed E-state index contributed by atoms with van der Waals surface area (Å²) in [4.78, 5) is 8.26.